The summed E-state index contributed by atoms with van der Waals surface area (Å²) in [4.78, 5) is 10.9. The maximum Gasteiger partial charge on any atom is 0.305 e. The van der Waals surface area contributed by atoms with Crippen LogP contribution in [-0.4, -0.2) is 18.3 Å². The van der Waals surface area contributed by atoms with Crippen LogP contribution in [0.2, 0.25) is 0 Å². The minimum Gasteiger partial charge on any atom is -0.465 e. The van der Waals surface area contributed by atoms with E-state index in [9.17, 15) is 4.79 Å². The molecule has 0 spiro atoms. The molecule has 0 aromatic rings. The van der Waals surface area contributed by atoms with Gasteiger partial charge in [-0.1, -0.05) is 13.8 Å². The molecule has 0 radical (unpaired) electrons. The molecule has 2 nitrogen and oxygen atoms in total. The van der Waals surface area contributed by atoms with E-state index in [0.29, 0.717) is 18.9 Å². The zero-order valence-corrected chi connectivity index (χ0v) is 8.06. The first-order chi connectivity index (χ1) is 5.16. The van der Waals surface area contributed by atoms with E-state index in [1.807, 2.05) is 13.8 Å². The number of hydrogen-bond acceptors (Lipinski definition) is 3. The standard InChI is InChI=1S/C8H16O2S/c1-7(2)6-10-8(9)4-3-5-11/h7,11H,3-6H2,1-2H3. The van der Waals surface area contributed by atoms with Gasteiger partial charge in [-0.05, 0) is 18.1 Å². The van der Waals surface area contributed by atoms with Crippen molar-refractivity contribution >= 4 is 18.6 Å². The third-order valence-corrected chi connectivity index (χ3v) is 1.43. The second-order valence-electron chi connectivity index (χ2n) is 2.90. The van der Waals surface area contributed by atoms with Crippen molar-refractivity contribution in [2.45, 2.75) is 26.7 Å². The Bertz CT molecular complexity index is 113. The molecule has 0 rings (SSSR count). The average Bonchev–Trinajstić information content (AvgIpc) is 1.97. The molecule has 66 valence electrons. The highest BCUT2D eigenvalue weighted by molar-refractivity contribution is 7.80. The fraction of sp³-hybridized carbons (Fsp3) is 0.875. The Balaban J connectivity index is 3.23. The van der Waals surface area contributed by atoms with Gasteiger partial charge in [0.25, 0.3) is 0 Å². The lowest BCUT2D eigenvalue weighted by atomic mass is 10.2. The van der Waals surface area contributed by atoms with Crippen LogP contribution < -0.4 is 0 Å². The van der Waals surface area contributed by atoms with E-state index >= 15 is 0 Å². The van der Waals surface area contributed by atoms with Crippen LogP contribution in [0.3, 0.4) is 0 Å². The van der Waals surface area contributed by atoms with Crippen molar-refractivity contribution in [3.8, 4) is 0 Å². The molecule has 0 saturated heterocycles. The molecule has 0 N–H and O–H groups in total. The van der Waals surface area contributed by atoms with Gasteiger partial charge in [-0.15, -0.1) is 0 Å². The van der Waals surface area contributed by atoms with Gasteiger partial charge in [0.2, 0.25) is 0 Å². The molecule has 0 fully saturated rings. The van der Waals surface area contributed by atoms with E-state index in [0.717, 1.165) is 12.2 Å². The Labute approximate surface area is 73.7 Å². The molecule has 3 heteroatoms. The SMILES string of the molecule is CC(C)COC(=O)CCCS. The molecule has 0 aliphatic rings. The molecule has 11 heavy (non-hydrogen) atoms. The van der Waals surface area contributed by atoms with Gasteiger partial charge in [0.15, 0.2) is 0 Å². The molecule has 0 unspecified atom stereocenters. The fourth-order valence-corrected chi connectivity index (χ4v) is 0.713. The van der Waals surface area contributed by atoms with Crippen LogP contribution in [0, 0.1) is 5.92 Å². The maximum atomic E-state index is 10.9. The van der Waals surface area contributed by atoms with Crippen LogP contribution in [0.4, 0.5) is 0 Å². The topological polar surface area (TPSA) is 26.3 Å². The second kappa shape index (κ2) is 6.53. The molecular weight excluding hydrogens is 160 g/mol. The summed E-state index contributed by atoms with van der Waals surface area (Å²) >= 11 is 4.00. The predicted octanol–water partition coefficient (Wildman–Crippen LogP) is 1.90. The molecule has 0 amide bonds. The molecular formula is C8H16O2S. The highest BCUT2D eigenvalue weighted by Crippen LogP contribution is 1.98. The monoisotopic (exact) mass is 176 g/mol. The van der Waals surface area contributed by atoms with Gasteiger partial charge in [-0.2, -0.15) is 12.6 Å². The molecule has 0 aliphatic heterocycles. The van der Waals surface area contributed by atoms with E-state index < -0.39 is 0 Å². The minimum atomic E-state index is -0.104. The summed E-state index contributed by atoms with van der Waals surface area (Å²) in [5.41, 5.74) is 0. The van der Waals surface area contributed by atoms with E-state index in [-0.39, 0.29) is 5.97 Å². The number of thiol groups is 1. The molecule has 0 saturated carbocycles. The molecule has 0 heterocycles. The third kappa shape index (κ3) is 7.72. The van der Waals surface area contributed by atoms with E-state index in [2.05, 4.69) is 12.6 Å². The van der Waals surface area contributed by atoms with E-state index in [4.69, 9.17) is 4.74 Å². The van der Waals surface area contributed by atoms with E-state index in [1.54, 1.807) is 0 Å². The van der Waals surface area contributed by atoms with Crippen molar-refractivity contribution in [1.29, 1.82) is 0 Å². The zero-order valence-electron chi connectivity index (χ0n) is 7.17. The lowest BCUT2D eigenvalue weighted by Gasteiger charge is -2.05. The summed E-state index contributed by atoms with van der Waals surface area (Å²) < 4.78 is 4.93. The van der Waals surface area contributed by atoms with Crippen molar-refractivity contribution < 1.29 is 9.53 Å². The van der Waals surface area contributed by atoms with Crippen LogP contribution in [-0.2, 0) is 9.53 Å². The number of hydrogen-bond donors (Lipinski definition) is 1. The van der Waals surface area contributed by atoms with Gasteiger partial charge in [0.1, 0.15) is 0 Å². The summed E-state index contributed by atoms with van der Waals surface area (Å²) in [6.45, 7) is 4.57. The van der Waals surface area contributed by atoms with Crippen molar-refractivity contribution in [3.05, 3.63) is 0 Å². The van der Waals surface area contributed by atoms with E-state index in [1.165, 1.54) is 0 Å². The molecule has 0 aromatic carbocycles. The lowest BCUT2D eigenvalue weighted by molar-refractivity contribution is -0.144. The predicted molar refractivity (Wildman–Crippen MR) is 48.9 cm³/mol. The Hall–Kier alpha value is -0.180. The van der Waals surface area contributed by atoms with Crippen LogP contribution in [0.15, 0.2) is 0 Å². The molecule has 0 aliphatic carbocycles. The summed E-state index contributed by atoms with van der Waals surface area (Å²) in [6.07, 6.45) is 1.30. The van der Waals surface area contributed by atoms with Crippen LogP contribution in [0.25, 0.3) is 0 Å². The van der Waals surface area contributed by atoms with Gasteiger partial charge < -0.3 is 4.74 Å². The van der Waals surface area contributed by atoms with Crippen LogP contribution in [0.5, 0.6) is 0 Å². The number of rotatable bonds is 5. The second-order valence-corrected chi connectivity index (χ2v) is 3.35. The van der Waals surface area contributed by atoms with Gasteiger partial charge in [0.05, 0.1) is 6.61 Å². The average molecular weight is 176 g/mol. The Morgan fingerprint density at radius 1 is 1.55 bits per heavy atom. The molecule has 0 bridgehead atoms. The van der Waals surface area contributed by atoms with Gasteiger partial charge >= 0.3 is 5.97 Å². The first-order valence-corrected chi connectivity index (χ1v) is 4.56. The number of esters is 1. The summed E-state index contributed by atoms with van der Waals surface area (Å²) in [7, 11) is 0. The highest BCUT2D eigenvalue weighted by atomic mass is 32.1. The Morgan fingerprint density at radius 2 is 2.18 bits per heavy atom. The zero-order chi connectivity index (χ0) is 8.69. The summed E-state index contributed by atoms with van der Waals surface area (Å²) in [6, 6.07) is 0. The van der Waals surface area contributed by atoms with Crippen molar-refractivity contribution in [2.75, 3.05) is 12.4 Å². The van der Waals surface area contributed by atoms with Crippen molar-refractivity contribution in [2.24, 2.45) is 5.92 Å². The van der Waals surface area contributed by atoms with Crippen LogP contribution in [0.1, 0.15) is 26.7 Å². The summed E-state index contributed by atoms with van der Waals surface area (Å²) in [5.74, 6) is 1.07. The normalized spacial score (nSPS) is 10.2. The van der Waals surface area contributed by atoms with Crippen LogP contribution >= 0.6 is 12.6 Å². The smallest absolute Gasteiger partial charge is 0.305 e. The van der Waals surface area contributed by atoms with Gasteiger partial charge in [-0.25, -0.2) is 0 Å². The summed E-state index contributed by atoms with van der Waals surface area (Å²) in [5, 5.41) is 0. The Kier molecular flexibility index (Phi) is 6.42. The van der Waals surface area contributed by atoms with Crippen molar-refractivity contribution in [1.82, 2.24) is 0 Å². The fourth-order valence-electron chi connectivity index (χ4n) is 0.555. The highest BCUT2D eigenvalue weighted by Gasteiger charge is 2.02. The largest absolute Gasteiger partial charge is 0.465 e. The lowest BCUT2D eigenvalue weighted by Crippen LogP contribution is -2.09. The Morgan fingerprint density at radius 3 is 2.64 bits per heavy atom. The maximum absolute atomic E-state index is 10.9. The first-order valence-electron chi connectivity index (χ1n) is 3.93. The number of ether oxygens (including phenoxy) is 1. The molecule has 0 aromatic heterocycles. The van der Waals surface area contributed by atoms with Gasteiger partial charge in [0, 0.05) is 6.42 Å². The number of carbonyl (C=O) groups is 1. The first kappa shape index (κ1) is 10.8. The van der Waals surface area contributed by atoms with Crippen molar-refractivity contribution in [3.63, 3.8) is 0 Å². The quantitative estimate of drug-likeness (QED) is 0.511. The third-order valence-electron chi connectivity index (χ3n) is 1.12. The number of carbonyl (C=O) groups excluding carboxylic acids is 1. The minimum absolute atomic E-state index is 0.104. The van der Waals surface area contributed by atoms with Gasteiger partial charge in [-0.3, -0.25) is 4.79 Å². The molecule has 0 atom stereocenters.